The molecule has 0 bridgehead atoms. The van der Waals surface area contributed by atoms with Gasteiger partial charge in [0.05, 0.1) is 11.4 Å². The number of aromatic nitrogens is 2. The van der Waals surface area contributed by atoms with Crippen LogP contribution >= 0.6 is 0 Å². The molecule has 25 heavy (non-hydrogen) atoms. The zero-order chi connectivity index (χ0) is 17.4. The third-order valence-electron chi connectivity index (χ3n) is 4.98. The fourth-order valence-corrected chi connectivity index (χ4v) is 3.39. The van der Waals surface area contributed by atoms with Gasteiger partial charge in [0.2, 0.25) is 0 Å². The van der Waals surface area contributed by atoms with E-state index < -0.39 is 0 Å². The first-order valence-electron chi connectivity index (χ1n) is 8.83. The van der Waals surface area contributed by atoms with Gasteiger partial charge in [-0.1, -0.05) is 6.07 Å². The van der Waals surface area contributed by atoms with Crippen LogP contribution in [0.1, 0.15) is 29.5 Å². The smallest absolute Gasteiger partial charge is 0.133 e. The van der Waals surface area contributed by atoms with Crippen LogP contribution in [0.2, 0.25) is 0 Å². The summed E-state index contributed by atoms with van der Waals surface area (Å²) in [5.41, 5.74) is 6.71. The molecule has 0 saturated carbocycles. The highest BCUT2D eigenvalue weighted by atomic mass is 19.1. The van der Waals surface area contributed by atoms with E-state index in [-0.39, 0.29) is 5.82 Å². The third kappa shape index (κ3) is 2.93. The van der Waals surface area contributed by atoms with Crippen molar-refractivity contribution in [2.24, 2.45) is 0 Å². The molecule has 0 aliphatic carbocycles. The van der Waals surface area contributed by atoms with Crippen molar-refractivity contribution in [1.82, 2.24) is 9.78 Å². The molecule has 3 nitrogen and oxygen atoms in total. The molecule has 1 aliphatic heterocycles. The number of hydrogen-bond donors (Lipinski definition) is 1. The Bertz CT molecular complexity index is 910. The Hall–Kier alpha value is -2.62. The van der Waals surface area contributed by atoms with Crippen molar-refractivity contribution in [2.45, 2.75) is 33.1 Å². The van der Waals surface area contributed by atoms with Crippen molar-refractivity contribution in [3.05, 3.63) is 65.0 Å². The molecule has 0 atom stereocenters. The Kier molecular flexibility index (Phi) is 4.04. The maximum atomic E-state index is 13.3. The summed E-state index contributed by atoms with van der Waals surface area (Å²) in [6, 6.07) is 13.0. The predicted octanol–water partition coefficient (Wildman–Crippen LogP) is 5.04. The van der Waals surface area contributed by atoms with Gasteiger partial charge in [-0.2, -0.15) is 5.10 Å². The van der Waals surface area contributed by atoms with Crippen molar-refractivity contribution in [3.8, 4) is 16.9 Å². The summed E-state index contributed by atoms with van der Waals surface area (Å²) in [6.07, 6.45) is 3.26. The lowest BCUT2D eigenvalue weighted by atomic mass is 10.0. The summed E-state index contributed by atoms with van der Waals surface area (Å²) >= 11 is 0. The topological polar surface area (TPSA) is 29.9 Å². The molecule has 0 saturated heterocycles. The van der Waals surface area contributed by atoms with Gasteiger partial charge in [-0.15, -0.1) is 0 Å². The maximum Gasteiger partial charge on any atom is 0.133 e. The molecule has 128 valence electrons. The van der Waals surface area contributed by atoms with Crippen molar-refractivity contribution >= 4 is 5.82 Å². The summed E-state index contributed by atoms with van der Waals surface area (Å²) < 4.78 is 15.3. The Morgan fingerprint density at radius 3 is 2.56 bits per heavy atom. The predicted molar refractivity (Wildman–Crippen MR) is 99.9 cm³/mol. The van der Waals surface area contributed by atoms with Crippen LogP contribution in [-0.2, 0) is 6.42 Å². The van der Waals surface area contributed by atoms with Gasteiger partial charge in [-0.3, -0.25) is 0 Å². The third-order valence-corrected chi connectivity index (χ3v) is 4.98. The normalized spacial score (nSPS) is 13.9. The minimum atomic E-state index is -0.221. The number of anilines is 1. The average Bonchev–Trinajstić information content (AvgIpc) is 2.80. The fourth-order valence-electron chi connectivity index (χ4n) is 3.39. The number of aryl methyl sites for hydroxylation is 2. The first-order chi connectivity index (χ1) is 12.1. The highest BCUT2D eigenvalue weighted by Gasteiger charge is 2.21. The van der Waals surface area contributed by atoms with Crippen LogP contribution in [0.4, 0.5) is 10.2 Å². The Morgan fingerprint density at radius 1 is 1.00 bits per heavy atom. The summed E-state index contributed by atoms with van der Waals surface area (Å²) in [7, 11) is 0. The van der Waals surface area contributed by atoms with Gasteiger partial charge >= 0.3 is 0 Å². The van der Waals surface area contributed by atoms with Crippen LogP contribution in [0.25, 0.3) is 16.9 Å². The Morgan fingerprint density at radius 2 is 1.80 bits per heavy atom. The number of fused-ring (bicyclic) bond motifs is 1. The van der Waals surface area contributed by atoms with Crippen LogP contribution in [0, 0.1) is 19.7 Å². The summed E-state index contributed by atoms with van der Waals surface area (Å²) in [5.74, 6) is 0.849. The molecule has 4 rings (SSSR count). The zero-order valence-corrected chi connectivity index (χ0v) is 14.6. The molecular weight excluding hydrogens is 313 g/mol. The van der Waals surface area contributed by atoms with Crippen molar-refractivity contribution in [2.75, 3.05) is 11.9 Å². The van der Waals surface area contributed by atoms with E-state index in [2.05, 4.69) is 37.4 Å². The number of benzene rings is 2. The van der Waals surface area contributed by atoms with Gasteiger partial charge in [-0.25, -0.2) is 9.07 Å². The van der Waals surface area contributed by atoms with Crippen LogP contribution < -0.4 is 5.32 Å². The summed E-state index contributed by atoms with van der Waals surface area (Å²) in [4.78, 5) is 0. The van der Waals surface area contributed by atoms with E-state index >= 15 is 0 Å². The number of nitrogens with one attached hydrogen (secondary N) is 1. The molecule has 2 heterocycles. The SMILES string of the molecule is Cc1ccc(-n2nc(-c3ccc(F)cc3)c3c2NCCCC3)cc1C. The van der Waals surface area contributed by atoms with Gasteiger partial charge in [0.25, 0.3) is 0 Å². The van der Waals surface area contributed by atoms with E-state index in [0.29, 0.717) is 0 Å². The molecule has 1 aliphatic rings. The molecule has 4 heteroatoms. The molecule has 3 aromatic rings. The van der Waals surface area contributed by atoms with Crippen LogP contribution in [0.3, 0.4) is 0 Å². The molecule has 0 spiro atoms. The highest BCUT2D eigenvalue weighted by Crippen LogP contribution is 2.34. The fraction of sp³-hybridized carbons (Fsp3) is 0.286. The number of halogens is 1. The van der Waals surface area contributed by atoms with E-state index in [1.54, 1.807) is 0 Å². The monoisotopic (exact) mass is 335 g/mol. The van der Waals surface area contributed by atoms with Crippen molar-refractivity contribution < 1.29 is 4.39 Å². The van der Waals surface area contributed by atoms with Crippen molar-refractivity contribution in [3.63, 3.8) is 0 Å². The quantitative estimate of drug-likeness (QED) is 0.711. The highest BCUT2D eigenvalue weighted by molar-refractivity contribution is 5.71. The molecule has 0 fully saturated rings. The van der Waals surface area contributed by atoms with Crippen molar-refractivity contribution in [1.29, 1.82) is 0 Å². The Labute approximate surface area is 147 Å². The lowest BCUT2D eigenvalue weighted by Crippen LogP contribution is -2.07. The minimum Gasteiger partial charge on any atom is -0.370 e. The molecule has 1 N–H and O–H groups in total. The largest absolute Gasteiger partial charge is 0.370 e. The van der Waals surface area contributed by atoms with Crippen LogP contribution in [0.5, 0.6) is 0 Å². The second-order valence-electron chi connectivity index (χ2n) is 6.75. The maximum absolute atomic E-state index is 13.3. The van der Waals surface area contributed by atoms with E-state index in [0.717, 1.165) is 48.6 Å². The number of nitrogens with zero attached hydrogens (tertiary/aromatic N) is 2. The lowest BCUT2D eigenvalue weighted by molar-refractivity contribution is 0.628. The molecule has 0 unspecified atom stereocenters. The van der Waals surface area contributed by atoms with Crippen LogP contribution in [0.15, 0.2) is 42.5 Å². The molecule has 0 amide bonds. The summed E-state index contributed by atoms with van der Waals surface area (Å²) in [5, 5.41) is 8.46. The van der Waals surface area contributed by atoms with E-state index in [9.17, 15) is 4.39 Å². The van der Waals surface area contributed by atoms with Gasteiger partial charge in [0.15, 0.2) is 0 Å². The van der Waals surface area contributed by atoms with Crippen LogP contribution in [-0.4, -0.2) is 16.3 Å². The standard InChI is InChI=1S/C21H22FN3/c1-14-6-11-18(13-15(14)2)25-21-19(5-3-4-12-23-21)20(24-25)16-7-9-17(22)10-8-16/h6-11,13,23H,3-5,12H2,1-2H3. The summed E-state index contributed by atoms with van der Waals surface area (Å²) in [6.45, 7) is 5.19. The Balaban J connectivity index is 1.89. The molecule has 0 radical (unpaired) electrons. The lowest BCUT2D eigenvalue weighted by Gasteiger charge is -2.10. The van der Waals surface area contributed by atoms with E-state index in [1.165, 1.54) is 28.8 Å². The second kappa shape index (κ2) is 6.36. The zero-order valence-electron chi connectivity index (χ0n) is 14.6. The molecule has 1 aromatic heterocycles. The van der Waals surface area contributed by atoms with E-state index in [1.807, 2.05) is 16.8 Å². The first kappa shape index (κ1) is 15.9. The first-order valence-corrected chi connectivity index (χ1v) is 8.83. The van der Waals surface area contributed by atoms with Gasteiger partial charge in [0.1, 0.15) is 11.6 Å². The number of rotatable bonds is 2. The van der Waals surface area contributed by atoms with Gasteiger partial charge < -0.3 is 5.32 Å². The molecule has 2 aromatic carbocycles. The van der Waals surface area contributed by atoms with Gasteiger partial charge in [0, 0.05) is 17.7 Å². The minimum absolute atomic E-state index is 0.221. The second-order valence-corrected chi connectivity index (χ2v) is 6.75. The molecular formula is C21H22FN3. The van der Waals surface area contributed by atoms with E-state index in [4.69, 9.17) is 5.10 Å². The average molecular weight is 335 g/mol. The number of hydrogen-bond acceptors (Lipinski definition) is 2. The van der Waals surface area contributed by atoms with Gasteiger partial charge in [-0.05, 0) is 80.6 Å².